The number of phenols is 4. The zero-order chi connectivity index (χ0) is 19.8. The maximum atomic E-state index is 11.9. The lowest BCUT2D eigenvalue weighted by molar-refractivity contribution is 0.0949. The maximum absolute atomic E-state index is 11.9. The molecule has 7 N–H and O–H groups in total. The summed E-state index contributed by atoms with van der Waals surface area (Å²) in [5, 5.41) is 53.7. The lowest BCUT2D eigenvalue weighted by Crippen LogP contribution is -2.25. The summed E-state index contributed by atoms with van der Waals surface area (Å²) in [7, 11) is 0. The van der Waals surface area contributed by atoms with Gasteiger partial charge in [0, 0.05) is 12.1 Å². The van der Waals surface area contributed by atoms with Crippen molar-refractivity contribution in [3.05, 3.63) is 47.5 Å². The molecule has 0 radical (unpaired) electrons. The predicted octanol–water partition coefficient (Wildman–Crippen LogP) is 1.69. The van der Waals surface area contributed by atoms with Gasteiger partial charge in [0.05, 0.1) is 5.56 Å². The molecule has 2 aromatic carbocycles. The SMILES string of the molecule is O=C(NCCCCCNC(O)c1cccc(O)c1O)c1cccc(O)c1O. The van der Waals surface area contributed by atoms with Gasteiger partial charge in [-0.15, -0.1) is 0 Å². The van der Waals surface area contributed by atoms with Gasteiger partial charge in [-0.2, -0.15) is 0 Å². The third-order valence-electron chi connectivity index (χ3n) is 4.08. The molecule has 27 heavy (non-hydrogen) atoms. The predicted molar refractivity (Wildman–Crippen MR) is 98.7 cm³/mol. The average molecular weight is 376 g/mol. The van der Waals surface area contributed by atoms with Crippen molar-refractivity contribution in [1.82, 2.24) is 10.6 Å². The van der Waals surface area contributed by atoms with E-state index in [9.17, 15) is 30.3 Å². The molecule has 0 saturated carbocycles. The van der Waals surface area contributed by atoms with E-state index >= 15 is 0 Å². The number of unbranched alkanes of at least 4 members (excludes halogenated alkanes) is 2. The van der Waals surface area contributed by atoms with Crippen molar-refractivity contribution >= 4 is 5.91 Å². The van der Waals surface area contributed by atoms with Crippen LogP contribution in [0.4, 0.5) is 0 Å². The Morgan fingerprint density at radius 1 is 0.852 bits per heavy atom. The second-order valence-corrected chi connectivity index (χ2v) is 6.06. The summed E-state index contributed by atoms with van der Waals surface area (Å²) < 4.78 is 0. The Morgan fingerprint density at radius 2 is 1.48 bits per heavy atom. The molecule has 0 fully saturated rings. The number of amides is 1. The van der Waals surface area contributed by atoms with Crippen molar-refractivity contribution in [2.75, 3.05) is 13.1 Å². The summed E-state index contributed by atoms with van der Waals surface area (Å²) in [4.78, 5) is 11.9. The van der Waals surface area contributed by atoms with Crippen molar-refractivity contribution in [3.63, 3.8) is 0 Å². The molecule has 0 aliphatic rings. The molecule has 146 valence electrons. The minimum Gasteiger partial charge on any atom is -0.504 e. The average Bonchev–Trinajstić information content (AvgIpc) is 2.65. The van der Waals surface area contributed by atoms with E-state index in [0.29, 0.717) is 19.5 Å². The number of rotatable bonds is 9. The second kappa shape index (κ2) is 9.65. The van der Waals surface area contributed by atoms with E-state index in [0.717, 1.165) is 12.8 Å². The molecule has 2 aromatic rings. The summed E-state index contributed by atoms with van der Waals surface area (Å²) in [5.74, 6) is -1.89. The fourth-order valence-corrected chi connectivity index (χ4v) is 2.56. The molecule has 8 nitrogen and oxygen atoms in total. The van der Waals surface area contributed by atoms with Gasteiger partial charge in [-0.1, -0.05) is 24.6 Å². The number of aliphatic hydroxyl groups excluding tert-OH is 1. The van der Waals surface area contributed by atoms with Gasteiger partial charge in [-0.3, -0.25) is 10.1 Å². The first kappa shape index (κ1) is 20.3. The van der Waals surface area contributed by atoms with Gasteiger partial charge < -0.3 is 30.8 Å². The van der Waals surface area contributed by atoms with E-state index < -0.39 is 17.9 Å². The van der Waals surface area contributed by atoms with Crippen LogP contribution in [-0.2, 0) is 0 Å². The van der Waals surface area contributed by atoms with Crippen LogP contribution in [0.25, 0.3) is 0 Å². The van der Waals surface area contributed by atoms with E-state index in [2.05, 4.69) is 10.6 Å². The van der Waals surface area contributed by atoms with Gasteiger partial charge >= 0.3 is 0 Å². The van der Waals surface area contributed by atoms with Gasteiger partial charge in [-0.25, -0.2) is 0 Å². The number of aliphatic hydroxyl groups is 1. The van der Waals surface area contributed by atoms with Crippen molar-refractivity contribution in [1.29, 1.82) is 0 Å². The Hall–Kier alpha value is -2.97. The number of hydrogen-bond donors (Lipinski definition) is 7. The van der Waals surface area contributed by atoms with Crippen molar-refractivity contribution < 1.29 is 30.3 Å². The minimum atomic E-state index is -1.09. The maximum Gasteiger partial charge on any atom is 0.255 e. The molecule has 0 aliphatic heterocycles. The topological polar surface area (TPSA) is 142 Å². The Kier molecular flexibility index (Phi) is 7.27. The van der Waals surface area contributed by atoms with E-state index in [4.69, 9.17) is 0 Å². The lowest BCUT2D eigenvalue weighted by Gasteiger charge is -2.15. The van der Waals surface area contributed by atoms with Gasteiger partial charge in [0.25, 0.3) is 5.91 Å². The molecule has 0 bridgehead atoms. The quantitative estimate of drug-likeness (QED) is 0.200. The fraction of sp³-hybridized carbons (Fsp3) is 0.316. The normalized spacial score (nSPS) is 11.9. The van der Waals surface area contributed by atoms with Crippen LogP contribution in [0, 0.1) is 0 Å². The van der Waals surface area contributed by atoms with Crippen molar-refractivity contribution in [3.8, 4) is 23.0 Å². The van der Waals surface area contributed by atoms with Crippen LogP contribution < -0.4 is 10.6 Å². The molecule has 0 saturated heterocycles. The molecular weight excluding hydrogens is 352 g/mol. The molecule has 1 atom stereocenters. The number of carbonyl (C=O) groups excluding carboxylic acids is 1. The highest BCUT2D eigenvalue weighted by Crippen LogP contribution is 2.31. The molecule has 0 heterocycles. The Morgan fingerprint density at radius 3 is 2.22 bits per heavy atom. The molecule has 0 spiro atoms. The largest absolute Gasteiger partial charge is 0.504 e. The van der Waals surface area contributed by atoms with E-state index in [1.807, 2.05) is 0 Å². The third-order valence-corrected chi connectivity index (χ3v) is 4.08. The van der Waals surface area contributed by atoms with E-state index in [1.165, 1.54) is 36.4 Å². The molecule has 1 amide bonds. The number of carbonyl (C=O) groups is 1. The summed E-state index contributed by atoms with van der Waals surface area (Å²) in [5.41, 5.74) is 0.221. The highest BCUT2D eigenvalue weighted by molar-refractivity contribution is 5.97. The van der Waals surface area contributed by atoms with Gasteiger partial charge in [0.1, 0.15) is 6.23 Å². The minimum absolute atomic E-state index is 0.0192. The third kappa shape index (κ3) is 5.50. The molecule has 2 rings (SSSR count). The number of benzene rings is 2. The number of nitrogens with one attached hydrogen (secondary N) is 2. The van der Waals surface area contributed by atoms with Crippen LogP contribution in [0.1, 0.15) is 41.4 Å². The number of aromatic hydroxyl groups is 4. The summed E-state index contributed by atoms with van der Waals surface area (Å²) >= 11 is 0. The van der Waals surface area contributed by atoms with Gasteiger partial charge in [0.15, 0.2) is 23.0 Å². The van der Waals surface area contributed by atoms with Crippen LogP contribution in [0.2, 0.25) is 0 Å². The van der Waals surface area contributed by atoms with Crippen LogP contribution >= 0.6 is 0 Å². The number of phenolic OH excluding ortho intramolecular Hbond substituents is 4. The summed E-state index contributed by atoms with van der Waals surface area (Å²) in [6, 6.07) is 8.57. The van der Waals surface area contributed by atoms with Crippen LogP contribution in [0.5, 0.6) is 23.0 Å². The Balaban J connectivity index is 1.64. The first-order valence-electron chi connectivity index (χ1n) is 8.63. The van der Waals surface area contributed by atoms with Gasteiger partial charge in [0.2, 0.25) is 0 Å². The number of para-hydroxylation sites is 2. The lowest BCUT2D eigenvalue weighted by atomic mass is 10.1. The smallest absolute Gasteiger partial charge is 0.255 e. The zero-order valence-corrected chi connectivity index (χ0v) is 14.7. The van der Waals surface area contributed by atoms with Crippen LogP contribution in [-0.4, -0.2) is 44.5 Å². The first-order valence-corrected chi connectivity index (χ1v) is 8.63. The highest BCUT2D eigenvalue weighted by Gasteiger charge is 2.14. The van der Waals surface area contributed by atoms with E-state index in [1.54, 1.807) is 0 Å². The fourth-order valence-electron chi connectivity index (χ4n) is 2.56. The van der Waals surface area contributed by atoms with Crippen LogP contribution in [0.3, 0.4) is 0 Å². The molecule has 0 aliphatic carbocycles. The second-order valence-electron chi connectivity index (χ2n) is 6.06. The highest BCUT2D eigenvalue weighted by atomic mass is 16.3. The van der Waals surface area contributed by atoms with Crippen molar-refractivity contribution in [2.45, 2.75) is 25.5 Å². The Bertz CT molecular complexity index is 781. The molecular formula is C19H24N2O6. The molecule has 1 unspecified atom stereocenters. The summed E-state index contributed by atoms with van der Waals surface area (Å²) in [6.45, 7) is 0.890. The first-order chi connectivity index (χ1) is 12.9. The monoisotopic (exact) mass is 376 g/mol. The van der Waals surface area contributed by atoms with Crippen LogP contribution in [0.15, 0.2) is 36.4 Å². The number of hydrogen-bond acceptors (Lipinski definition) is 7. The Labute approximate surface area is 156 Å². The molecule has 0 aromatic heterocycles. The zero-order valence-electron chi connectivity index (χ0n) is 14.7. The van der Waals surface area contributed by atoms with Gasteiger partial charge in [-0.05, 0) is 37.6 Å². The standard InChI is InChI=1S/C19H24N2O6/c22-14-8-4-6-12(16(14)24)18(26)20-10-2-1-3-11-21-19(27)13-7-5-9-15(23)17(13)25/h4-9,18,20,22-26H,1-3,10-11H2,(H,21,27). The van der Waals surface area contributed by atoms with Crippen molar-refractivity contribution in [2.24, 2.45) is 0 Å². The summed E-state index contributed by atoms with van der Waals surface area (Å²) in [6.07, 6.45) is 1.10. The van der Waals surface area contributed by atoms with E-state index in [-0.39, 0.29) is 28.4 Å². The molecule has 8 heteroatoms.